The molecule has 0 amide bonds. The average molecular weight is 280 g/mol. The molecule has 1 aromatic rings. The van der Waals surface area contributed by atoms with Crippen molar-refractivity contribution in [2.24, 2.45) is 0 Å². The van der Waals surface area contributed by atoms with Gasteiger partial charge in [-0.15, -0.1) is 0 Å². The predicted molar refractivity (Wildman–Crippen MR) is 74.9 cm³/mol. The van der Waals surface area contributed by atoms with Crippen LogP contribution in [0.2, 0.25) is 0 Å². The number of rotatable bonds is 6. The third-order valence-corrected chi connectivity index (χ3v) is 3.12. The maximum atomic E-state index is 11.1. The van der Waals surface area contributed by atoms with Crippen molar-refractivity contribution >= 4 is 5.69 Å². The highest BCUT2D eigenvalue weighted by Crippen LogP contribution is 2.30. The van der Waals surface area contributed by atoms with Gasteiger partial charge in [-0.3, -0.25) is 10.1 Å². The first-order valence-corrected chi connectivity index (χ1v) is 6.81. The molecule has 1 saturated heterocycles. The van der Waals surface area contributed by atoms with E-state index in [1.165, 1.54) is 6.07 Å². The Morgan fingerprint density at radius 3 is 2.95 bits per heavy atom. The van der Waals surface area contributed by atoms with Crippen LogP contribution in [0.25, 0.3) is 0 Å². The van der Waals surface area contributed by atoms with Gasteiger partial charge in [-0.1, -0.05) is 19.9 Å². The maximum absolute atomic E-state index is 11.1. The van der Waals surface area contributed by atoms with Gasteiger partial charge in [0.1, 0.15) is 6.10 Å². The second-order valence-corrected chi connectivity index (χ2v) is 5.20. The number of hydrogen-bond donors (Lipinski definition) is 1. The third kappa shape index (κ3) is 3.91. The van der Waals surface area contributed by atoms with Gasteiger partial charge in [0.15, 0.2) is 5.75 Å². The third-order valence-electron chi connectivity index (χ3n) is 3.12. The molecule has 1 atom stereocenters. The molecule has 1 fully saturated rings. The molecule has 0 saturated carbocycles. The summed E-state index contributed by atoms with van der Waals surface area (Å²) in [4.78, 5) is 10.6. The van der Waals surface area contributed by atoms with Crippen molar-refractivity contribution in [3.8, 4) is 5.75 Å². The van der Waals surface area contributed by atoms with Crippen molar-refractivity contribution in [2.45, 2.75) is 39.0 Å². The Morgan fingerprint density at radius 1 is 1.55 bits per heavy atom. The molecular weight excluding hydrogens is 260 g/mol. The van der Waals surface area contributed by atoms with Gasteiger partial charge in [-0.25, -0.2) is 0 Å². The van der Waals surface area contributed by atoms with Crippen LogP contribution in [0.1, 0.15) is 25.8 Å². The summed E-state index contributed by atoms with van der Waals surface area (Å²) in [6.45, 7) is 5.91. The van der Waals surface area contributed by atoms with Gasteiger partial charge in [0.2, 0.25) is 0 Å². The minimum absolute atomic E-state index is 0.00481. The van der Waals surface area contributed by atoms with Crippen molar-refractivity contribution in [3.63, 3.8) is 0 Å². The molecule has 1 heterocycles. The highest BCUT2D eigenvalue weighted by molar-refractivity contribution is 5.48. The summed E-state index contributed by atoms with van der Waals surface area (Å²) in [7, 11) is 0. The number of benzene rings is 1. The van der Waals surface area contributed by atoms with Gasteiger partial charge >= 0.3 is 5.69 Å². The normalized spacial score (nSPS) is 18.4. The molecule has 1 aliphatic rings. The van der Waals surface area contributed by atoms with Crippen LogP contribution in [0.15, 0.2) is 18.2 Å². The lowest BCUT2D eigenvalue weighted by atomic mass is 10.1. The van der Waals surface area contributed by atoms with E-state index in [9.17, 15) is 10.1 Å². The monoisotopic (exact) mass is 280 g/mol. The number of hydrogen-bond acceptors (Lipinski definition) is 5. The zero-order valence-corrected chi connectivity index (χ0v) is 11.8. The van der Waals surface area contributed by atoms with Gasteiger partial charge < -0.3 is 14.8 Å². The second-order valence-electron chi connectivity index (χ2n) is 5.20. The van der Waals surface area contributed by atoms with E-state index in [4.69, 9.17) is 9.47 Å². The predicted octanol–water partition coefficient (Wildman–Crippen LogP) is 2.26. The largest absolute Gasteiger partial charge is 0.481 e. The Kier molecular flexibility index (Phi) is 4.92. The summed E-state index contributed by atoms with van der Waals surface area (Å²) < 4.78 is 11.0. The lowest BCUT2D eigenvalue weighted by Gasteiger charge is -2.14. The quantitative estimate of drug-likeness (QED) is 0.639. The standard InChI is InChI=1S/C14H20N2O4/c1-10(2)15-8-11-3-4-13(16(17)18)14(7-11)20-12-5-6-19-9-12/h3-4,7,10,12,15H,5-6,8-9H2,1-2H3. The highest BCUT2D eigenvalue weighted by atomic mass is 16.6. The molecule has 1 N–H and O–H groups in total. The first-order chi connectivity index (χ1) is 9.56. The lowest BCUT2D eigenvalue weighted by molar-refractivity contribution is -0.386. The minimum atomic E-state index is -0.412. The summed E-state index contributed by atoms with van der Waals surface area (Å²) in [5.41, 5.74) is 0.975. The molecular formula is C14H20N2O4. The van der Waals surface area contributed by atoms with Gasteiger partial charge in [-0.05, 0) is 11.6 Å². The van der Waals surface area contributed by atoms with Crippen LogP contribution >= 0.6 is 0 Å². The zero-order valence-electron chi connectivity index (χ0n) is 11.8. The zero-order chi connectivity index (χ0) is 14.5. The van der Waals surface area contributed by atoms with Gasteiger partial charge in [0.05, 0.1) is 18.1 Å². The maximum Gasteiger partial charge on any atom is 0.310 e. The van der Waals surface area contributed by atoms with E-state index in [1.54, 1.807) is 12.1 Å². The Labute approximate surface area is 118 Å². The average Bonchev–Trinajstić information content (AvgIpc) is 2.89. The summed E-state index contributed by atoms with van der Waals surface area (Å²) in [6, 6.07) is 5.36. The number of nitro benzene ring substituents is 1. The van der Waals surface area contributed by atoms with Crippen molar-refractivity contribution < 1.29 is 14.4 Å². The van der Waals surface area contributed by atoms with Crippen LogP contribution < -0.4 is 10.1 Å². The topological polar surface area (TPSA) is 73.6 Å². The molecule has 0 spiro atoms. The van der Waals surface area contributed by atoms with Crippen molar-refractivity contribution in [1.82, 2.24) is 5.32 Å². The van der Waals surface area contributed by atoms with Crippen LogP contribution in [-0.4, -0.2) is 30.3 Å². The molecule has 0 aliphatic carbocycles. The molecule has 0 aromatic heterocycles. The summed E-state index contributed by atoms with van der Waals surface area (Å²) in [5.74, 6) is 0.327. The van der Waals surface area contributed by atoms with E-state index in [0.29, 0.717) is 31.5 Å². The van der Waals surface area contributed by atoms with Crippen molar-refractivity contribution in [2.75, 3.05) is 13.2 Å². The van der Waals surface area contributed by atoms with Gasteiger partial charge in [-0.2, -0.15) is 0 Å². The van der Waals surface area contributed by atoms with Crippen LogP contribution in [0.5, 0.6) is 5.75 Å². The molecule has 1 aliphatic heterocycles. The highest BCUT2D eigenvalue weighted by Gasteiger charge is 2.22. The molecule has 0 bridgehead atoms. The Morgan fingerprint density at radius 2 is 2.35 bits per heavy atom. The van der Waals surface area contributed by atoms with Crippen LogP contribution in [-0.2, 0) is 11.3 Å². The summed E-state index contributed by atoms with van der Waals surface area (Å²) in [5, 5.41) is 14.3. The number of nitro groups is 1. The fraction of sp³-hybridized carbons (Fsp3) is 0.571. The summed E-state index contributed by atoms with van der Waals surface area (Å²) in [6.07, 6.45) is 0.674. The first kappa shape index (κ1) is 14.7. The molecule has 1 unspecified atom stereocenters. The number of nitrogens with zero attached hydrogens (tertiary/aromatic N) is 1. The molecule has 20 heavy (non-hydrogen) atoms. The van der Waals surface area contributed by atoms with Crippen molar-refractivity contribution in [1.29, 1.82) is 0 Å². The Hall–Kier alpha value is -1.66. The molecule has 6 nitrogen and oxygen atoms in total. The van der Waals surface area contributed by atoms with E-state index in [1.807, 2.05) is 0 Å². The smallest absolute Gasteiger partial charge is 0.310 e. The molecule has 1 aromatic carbocycles. The Balaban J connectivity index is 2.15. The Bertz CT molecular complexity index is 470. The van der Waals surface area contributed by atoms with Gasteiger partial charge in [0.25, 0.3) is 0 Å². The number of ether oxygens (including phenoxy) is 2. The fourth-order valence-corrected chi connectivity index (χ4v) is 2.02. The van der Waals surface area contributed by atoms with Crippen LogP contribution in [0, 0.1) is 10.1 Å². The fourth-order valence-electron chi connectivity index (χ4n) is 2.02. The first-order valence-electron chi connectivity index (χ1n) is 6.81. The number of nitrogens with one attached hydrogen (secondary N) is 1. The molecule has 6 heteroatoms. The van der Waals surface area contributed by atoms with E-state index >= 15 is 0 Å². The van der Waals surface area contributed by atoms with Crippen LogP contribution in [0.4, 0.5) is 5.69 Å². The SMILES string of the molecule is CC(C)NCc1ccc([N+](=O)[O-])c(OC2CCOC2)c1. The molecule has 0 radical (unpaired) electrons. The van der Waals surface area contributed by atoms with E-state index < -0.39 is 4.92 Å². The van der Waals surface area contributed by atoms with E-state index in [0.717, 1.165) is 12.0 Å². The second kappa shape index (κ2) is 6.67. The van der Waals surface area contributed by atoms with E-state index in [2.05, 4.69) is 19.2 Å². The van der Waals surface area contributed by atoms with E-state index in [-0.39, 0.29) is 11.8 Å². The minimum Gasteiger partial charge on any atom is -0.481 e. The van der Waals surface area contributed by atoms with Crippen LogP contribution in [0.3, 0.4) is 0 Å². The lowest BCUT2D eigenvalue weighted by Crippen LogP contribution is -2.22. The van der Waals surface area contributed by atoms with Crippen molar-refractivity contribution in [3.05, 3.63) is 33.9 Å². The van der Waals surface area contributed by atoms with Gasteiger partial charge in [0, 0.05) is 25.1 Å². The molecule has 110 valence electrons. The molecule has 2 rings (SSSR count). The summed E-state index contributed by atoms with van der Waals surface area (Å²) >= 11 is 0.